The summed E-state index contributed by atoms with van der Waals surface area (Å²) in [6.07, 6.45) is -12.6. The van der Waals surface area contributed by atoms with Crippen LogP contribution in [0.15, 0.2) is 0 Å². The highest BCUT2D eigenvalue weighted by Crippen LogP contribution is 2.39. The van der Waals surface area contributed by atoms with E-state index in [2.05, 4.69) is 0 Å². The maximum Gasteiger partial charge on any atom is 0.472 e. The molecular weight excluding hydrogens is 430 g/mol. The lowest BCUT2D eigenvalue weighted by Gasteiger charge is -2.15. The maximum absolute atomic E-state index is 11.5. The van der Waals surface area contributed by atoms with Crippen molar-refractivity contribution >= 4 is 33.7 Å². The van der Waals surface area contributed by atoms with Gasteiger partial charge < -0.3 is 0 Å². The van der Waals surface area contributed by atoms with Crippen LogP contribution in [-0.2, 0) is 20.2 Å². The lowest BCUT2D eigenvalue weighted by molar-refractivity contribution is -0.243. The topological polar surface area (TPSA) is 109 Å². The fraction of sp³-hybridized carbons (Fsp3) is 1.00. The third kappa shape index (κ3) is 6.47. The van der Waals surface area contributed by atoms with Crippen LogP contribution in [0.4, 0.5) is 43.9 Å². The molecule has 0 aliphatic heterocycles. The van der Waals surface area contributed by atoms with Crippen LogP contribution in [0.25, 0.3) is 0 Å². The van der Waals surface area contributed by atoms with Crippen molar-refractivity contribution in [2.75, 3.05) is 0 Å². The minimum atomic E-state index is -6.42. The first-order valence-corrected chi connectivity index (χ1v) is 6.71. The van der Waals surface area contributed by atoms with Gasteiger partial charge in [-0.1, -0.05) is 0 Å². The fourth-order valence-electron chi connectivity index (χ4n) is 0.292. The molecule has 0 aromatic rings. The summed E-state index contributed by atoms with van der Waals surface area (Å²) in [4.78, 5) is 0. The molecule has 0 saturated heterocycles. The zero-order chi connectivity index (χ0) is 19.0. The summed E-state index contributed by atoms with van der Waals surface area (Å²) in [6.45, 7) is 0. The quantitative estimate of drug-likeness (QED) is 0.510. The van der Waals surface area contributed by atoms with E-state index in [1.807, 2.05) is 0 Å². The number of alkyl halides is 10. The van der Waals surface area contributed by atoms with Crippen LogP contribution in [0.3, 0.4) is 0 Å². The lowest BCUT2D eigenvalue weighted by Crippen LogP contribution is -2.43. The second-order valence-corrected chi connectivity index (χ2v) is 5.90. The highest BCUT2D eigenvalue weighted by atomic mass is 32.2. The van der Waals surface area contributed by atoms with Crippen LogP contribution >= 0.6 is 13.5 Å². The van der Waals surface area contributed by atoms with Crippen molar-refractivity contribution in [2.24, 2.45) is 0 Å². The van der Waals surface area contributed by atoms with E-state index in [0.29, 0.717) is 0 Å². The van der Waals surface area contributed by atoms with Gasteiger partial charge in [0.25, 0.3) is 0 Å². The van der Waals surface area contributed by atoms with Crippen LogP contribution < -0.4 is 0 Å². The highest BCUT2D eigenvalue weighted by molar-refractivity contribution is 7.87. The van der Waals surface area contributed by atoms with Gasteiger partial charge in [-0.2, -0.15) is 74.2 Å². The van der Waals surface area contributed by atoms with Crippen molar-refractivity contribution < 1.29 is 69.8 Å². The van der Waals surface area contributed by atoms with Gasteiger partial charge in [-0.05, 0) is 0 Å². The molecule has 0 aliphatic carbocycles. The standard InChI is InChI=1S/2C2HF5O3S.H2S/c2*3-1(4,5)2(6,7)11(8,9)10;/h2*(H,8,9,10);1H2. The highest BCUT2D eigenvalue weighted by Gasteiger charge is 2.68. The van der Waals surface area contributed by atoms with Crippen molar-refractivity contribution in [1.29, 1.82) is 0 Å². The molecule has 0 atom stereocenters. The maximum atomic E-state index is 11.5. The second kappa shape index (κ2) is 7.15. The summed E-state index contributed by atoms with van der Waals surface area (Å²) >= 11 is 0. The summed E-state index contributed by atoms with van der Waals surface area (Å²) in [5.41, 5.74) is 0. The minimum absolute atomic E-state index is 0. The van der Waals surface area contributed by atoms with Gasteiger partial charge in [-0.3, -0.25) is 9.11 Å². The van der Waals surface area contributed by atoms with E-state index in [9.17, 15) is 60.7 Å². The predicted octanol–water partition coefficient (Wildman–Crippen LogP) is 2.17. The number of hydrogen-bond acceptors (Lipinski definition) is 4. The van der Waals surface area contributed by atoms with Crippen LogP contribution in [0.5, 0.6) is 0 Å². The van der Waals surface area contributed by atoms with E-state index < -0.39 is 43.1 Å². The summed E-state index contributed by atoms with van der Waals surface area (Å²) in [5, 5.41) is -12.2. The Kier molecular flexibility index (Phi) is 8.49. The first-order valence-electron chi connectivity index (χ1n) is 3.83. The van der Waals surface area contributed by atoms with Crippen molar-refractivity contribution in [3.8, 4) is 0 Å². The van der Waals surface area contributed by atoms with Gasteiger partial charge in [-0.15, -0.1) is 0 Å². The zero-order valence-electron chi connectivity index (χ0n) is 9.62. The molecule has 23 heavy (non-hydrogen) atoms. The molecule has 0 radical (unpaired) electrons. The van der Waals surface area contributed by atoms with Crippen molar-refractivity contribution in [3.63, 3.8) is 0 Å². The van der Waals surface area contributed by atoms with E-state index in [1.165, 1.54) is 0 Å². The van der Waals surface area contributed by atoms with Gasteiger partial charge in [0.05, 0.1) is 0 Å². The van der Waals surface area contributed by atoms with Crippen molar-refractivity contribution in [1.82, 2.24) is 0 Å². The van der Waals surface area contributed by atoms with Gasteiger partial charge in [0, 0.05) is 0 Å². The molecule has 0 aromatic carbocycles. The first-order chi connectivity index (χ1) is 9.00. The molecule has 0 unspecified atom stereocenters. The summed E-state index contributed by atoms with van der Waals surface area (Å²) in [7, 11) is -12.8. The molecule has 144 valence electrons. The Morgan fingerprint density at radius 2 is 0.652 bits per heavy atom. The Balaban J connectivity index is -0.000000333. The van der Waals surface area contributed by atoms with Crippen LogP contribution in [0, 0.1) is 0 Å². The molecule has 0 aliphatic rings. The molecule has 0 heterocycles. The second-order valence-electron chi connectivity index (χ2n) is 2.98. The van der Waals surface area contributed by atoms with E-state index in [4.69, 9.17) is 9.11 Å². The lowest BCUT2D eigenvalue weighted by atomic mass is 10.7. The molecule has 2 N–H and O–H groups in total. The zero-order valence-corrected chi connectivity index (χ0v) is 12.3. The molecule has 0 fully saturated rings. The van der Waals surface area contributed by atoms with Gasteiger partial charge in [0.2, 0.25) is 0 Å². The molecule has 0 amide bonds. The van der Waals surface area contributed by atoms with Crippen LogP contribution in [0.2, 0.25) is 0 Å². The molecular formula is C4H4F10O6S3. The fourth-order valence-corrected chi connectivity index (χ4v) is 0.877. The van der Waals surface area contributed by atoms with Gasteiger partial charge in [0.15, 0.2) is 0 Å². The van der Waals surface area contributed by atoms with E-state index >= 15 is 0 Å². The van der Waals surface area contributed by atoms with E-state index in [0.717, 1.165) is 0 Å². The molecule has 0 rings (SSSR count). The number of rotatable bonds is 2. The summed E-state index contributed by atoms with van der Waals surface area (Å²) in [6, 6.07) is 0. The Labute approximate surface area is 127 Å². The smallest absolute Gasteiger partial charge is 0.281 e. The Morgan fingerprint density at radius 3 is 0.652 bits per heavy atom. The largest absolute Gasteiger partial charge is 0.472 e. The number of hydrogen-bond donors (Lipinski definition) is 2. The van der Waals surface area contributed by atoms with Gasteiger partial charge in [-0.25, -0.2) is 0 Å². The SMILES string of the molecule is O=S(=O)(O)C(F)(F)C(F)(F)F.O=S(=O)(O)C(F)(F)C(F)(F)F.S. The average molecular weight is 434 g/mol. The third-order valence-electron chi connectivity index (χ3n) is 1.31. The average Bonchev–Trinajstić information content (AvgIpc) is 2.10. The molecule has 19 heteroatoms. The summed E-state index contributed by atoms with van der Waals surface area (Å²) in [5.74, 6) is 0. The Bertz CT molecular complexity index is 531. The first kappa shape index (κ1) is 27.3. The van der Waals surface area contributed by atoms with E-state index in [1.54, 1.807) is 0 Å². The third-order valence-corrected chi connectivity index (χ3v) is 3.07. The minimum Gasteiger partial charge on any atom is -0.281 e. The van der Waals surface area contributed by atoms with Crippen molar-refractivity contribution in [3.05, 3.63) is 0 Å². The Morgan fingerprint density at radius 1 is 0.522 bits per heavy atom. The van der Waals surface area contributed by atoms with Gasteiger partial charge >= 0.3 is 43.1 Å². The van der Waals surface area contributed by atoms with Crippen molar-refractivity contribution in [2.45, 2.75) is 22.9 Å². The van der Waals surface area contributed by atoms with Gasteiger partial charge in [0.1, 0.15) is 0 Å². The number of halogens is 10. The monoisotopic (exact) mass is 434 g/mol. The summed E-state index contributed by atoms with van der Waals surface area (Å²) < 4.78 is 164. The van der Waals surface area contributed by atoms with Crippen LogP contribution in [-0.4, -0.2) is 48.8 Å². The molecule has 6 nitrogen and oxygen atoms in total. The molecule has 0 aromatic heterocycles. The Hall–Kier alpha value is -0.530. The molecule has 0 saturated carbocycles. The normalized spacial score (nSPS) is 14.4. The predicted molar refractivity (Wildman–Crippen MR) is 55.5 cm³/mol. The van der Waals surface area contributed by atoms with E-state index in [-0.39, 0.29) is 13.5 Å². The van der Waals surface area contributed by atoms with Crippen LogP contribution in [0.1, 0.15) is 0 Å². The molecule has 0 spiro atoms. The molecule has 0 bridgehead atoms.